The molecule has 0 bridgehead atoms. The van der Waals surface area contributed by atoms with Gasteiger partial charge in [0.05, 0.1) is 0 Å². The number of nitrogens with one attached hydrogen (secondary N) is 6. The predicted octanol–water partition coefficient (Wildman–Crippen LogP) is 0.546. The highest BCUT2D eigenvalue weighted by atomic mass is 32.1. The number of aliphatic carboxylic acids is 4. The van der Waals surface area contributed by atoms with Crippen molar-refractivity contribution in [3.8, 4) is 0 Å². The maximum Gasteiger partial charge on any atom is 0.336 e. The van der Waals surface area contributed by atoms with E-state index in [0.29, 0.717) is 11.1 Å². The molecule has 63 heavy (non-hydrogen) atoms. The zero-order valence-corrected chi connectivity index (χ0v) is 35.4. The highest BCUT2D eigenvalue weighted by Crippen LogP contribution is 2.30. The minimum Gasteiger partial charge on any atom is -0.481 e. The Hall–Kier alpha value is -6.51. The lowest BCUT2D eigenvalue weighted by molar-refractivity contribution is -0.147. The average Bonchev–Trinajstić information content (AvgIpc) is 3.24. The molecule has 2 aromatic rings. The third-order valence-electron chi connectivity index (χ3n) is 10.4. The first-order chi connectivity index (χ1) is 29.9. The largest absolute Gasteiger partial charge is 0.481 e. The Morgan fingerprint density at radius 3 is 1.44 bits per heavy atom. The van der Waals surface area contributed by atoms with Gasteiger partial charge < -0.3 is 52.3 Å². The van der Waals surface area contributed by atoms with E-state index in [1.165, 1.54) is 0 Å². The molecule has 1 fully saturated rings. The molecular formula is C42H54N6O14S. The Kier molecular flexibility index (Phi) is 20.5. The lowest BCUT2D eigenvalue weighted by Gasteiger charge is -2.32. The van der Waals surface area contributed by atoms with Gasteiger partial charge in [-0.15, -0.1) is 0 Å². The number of amides is 6. The fraction of sp³-hybridized carbons (Fsp3) is 0.476. The maximum atomic E-state index is 14.7. The van der Waals surface area contributed by atoms with E-state index in [1.54, 1.807) is 60.7 Å². The molecule has 0 heterocycles. The van der Waals surface area contributed by atoms with Crippen LogP contribution in [0.1, 0.15) is 88.2 Å². The summed E-state index contributed by atoms with van der Waals surface area (Å²) in [6.45, 7) is 0.947. The van der Waals surface area contributed by atoms with Gasteiger partial charge in [-0.2, -0.15) is 12.6 Å². The van der Waals surface area contributed by atoms with Crippen molar-refractivity contribution in [2.75, 3.05) is 5.75 Å². The van der Waals surface area contributed by atoms with Crippen molar-refractivity contribution in [3.05, 3.63) is 71.8 Å². The summed E-state index contributed by atoms with van der Waals surface area (Å²) >= 11 is 4.00. The van der Waals surface area contributed by atoms with Crippen molar-refractivity contribution in [3.63, 3.8) is 0 Å². The third-order valence-corrected chi connectivity index (χ3v) is 10.7. The molecule has 3 rings (SSSR count). The molecule has 0 unspecified atom stereocenters. The molecule has 1 aliphatic carbocycles. The topological polar surface area (TPSA) is 324 Å². The van der Waals surface area contributed by atoms with Crippen LogP contribution >= 0.6 is 12.6 Å². The SMILES string of the molecule is CC(=O)N[C@@H](C(=O)O)C(=O)N[C@@H](CCC(=O)O)C(=O)N[C@H](C(=O)N[C@@H](CCC(=O)O)C(=O)N[C@@H](CC1CCCCC1)C(=O)N[C@@H](CS)C(=O)O)C(c1ccccc1)c1ccccc1. The van der Waals surface area contributed by atoms with Gasteiger partial charge in [-0.3, -0.25) is 38.4 Å². The molecule has 0 saturated heterocycles. The van der Waals surface area contributed by atoms with Crippen molar-refractivity contribution in [2.45, 2.75) is 113 Å². The van der Waals surface area contributed by atoms with Gasteiger partial charge in [0, 0.05) is 31.4 Å². The van der Waals surface area contributed by atoms with Crippen molar-refractivity contribution in [2.24, 2.45) is 5.92 Å². The Bertz CT molecular complexity index is 1910. The lowest BCUT2D eigenvalue weighted by Crippen LogP contribution is -2.61. The zero-order valence-electron chi connectivity index (χ0n) is 34.5. The number of hydrogen-bond donors (Lipinski definition) is 11. The molecule has 20 nitrogen and oxygen atoms in total. The number of rotatable bonds is 25. The second kappa shape index (κ2) is 25.4. The molecule has 0 aliphatic heterocycles. The number of hydrogen-bond acceptors (Lipinski definition) is 11. The van der Waals surface area contributed by atoms with Gasteiger partial charge in [0.1, 0.15) is 30.2 Å². The number of benzene rings is 2. The van der Waals surface area contributed by atoms with Crippen LogP contribution in [0.5, 0.6) is 0 Å². The monoisotopic (exact) mass is 898 g/mol. The van der Waals surface area contributed by atoms with Crippen molar-refractivity contribution in [1.29, 1.82) is 0 Å². The van der Waals surface area contributed by atoms with Crippen LogP contribution in [0, 0.1) is 5.92 Å². The molecule has 10 N–H and O–H groups in total. The molecule has 0 spiro atoms. The number of carbonyl (C=O) groups excluding carboxylic acids is 6. The molecule has 0 radical (unpaired) electrons. The summed E-state index contributed by atoms with van der Waals surface area (Å²) in [6.07, 6.45) is 1.77. The molecule has 342 valence electrons. The fourth-order valence-corrected chi connectivity index (χ4v) is 7.45. The maximum absolute atomic E-state index is 14.7. The first-order valence-electron chi connectivity index (χ1n) is 20.3. The molecule has 6 amide bonds. The van der Waals surface area contributed by atoms with Gasteiger partial charge in [0.2, 0.25) is 35.6 Å². The van der Waals surface area contributed by atoms with Gasteiger partial charge >= 0.3 is 23.9 Å². The highest BCUT2D eigenvalue weighted by molar-refractivity contribution is 7.80. The summed E-state index contributed by atoms with van der Waals surface area (Å²) in [5.74, 6) is -13.6. The van der Waals surface area contributed by atoms with Crippen molar-refractivity contribution in [1.82, 2.24) is 31.9 Å². The minimum absolute atomic E-state index is 0.0307. The average molecular weight is 899 g/mol. The van der Waals surface area contributed by atoms with E-state index in [1.807, 2.05) is 5.32 Å². The summed E-state index contributed by atoms with van der Waals surface area (Å²) in [5, 5.41) is 52.4. The summed E-state index contributed by atoms with van der Waals surface area (Å²) in [6, 6.07) is 6.42. The fourth-order valence-electron chi connectivity index (χ4n) is 7.20. The number of carboxylic acids is 4. The lowest BCUT2D eigenvalue weighted by atomic mass is 9.84. The van der Waals surface area contributed by atoms with Gasteiger partial charge in [-0.05, 0) is 36.3 Å². The molecule has 1 aliphatic rings. The van der Waals surface area contributed by atoms with Gasteiger partial charge in [0.15, 0.2) is 0 Å². The van der Waals surface area contributed by atoms with E-state index in [-0.39, 0.29) is 18.1 Å². The second-order valence-corrected chi connectivity index (χ2v) is 15.5. The Labute approximate surface area is 368 Å². The smallest absolute Gasteiger partial charge is 0.336 e. The van der Waals surface area contributed by atoms with Crippen LogP contribution in [0.4, 0.5) is 0 Å². The summed E-state index contributed by atoms with van der Waals surface area (Å²) in [5.41, 5.74) is 0.889. The number of thiol groups is 1. The standard InChI is InChI=1S/C42H54N6O14S/c1-23(49)43-35(42(61)62)40(58)45-28(18-20-32(52)53)37(55)48-34(33(25-13-7-3-8-14-25)26-15-9-4-10-16-26)39(57)44-27(17-19-31(50)51)36(54)46-29(21-24-11-5-2-6-12-24)38(56)47-30(22-63)41(59)60/h3-4,7-10,13-16,24,27-30,33-35,63H,2,5-6,11-12,17-22H2,1H3,(H,43,49)(H,44,57)(H,45,58)(H,46,54)(H,47,56)(H,48,55)(H,50,51)(H,52,53)(H,59,60)(H,61,62)/t27-,28-,29-,30-,34-,35+/m0/s1. The Morgan fingerprint density at radius 1 is 0.556 bits per heavy atom. The van der Waals surface area contributed by atoms with E-state index in [2.05, 4.69) is 39.2 Å². The number of carboxylic acid groups (broad SMARTS) is 4. The van der Waals surface area contributed by atoms with Crippen LogP contribution in [0.3, 0.4) is 0 Å². The number of carbonyl (C=O) groups is 10. The van der Waals surface area contributed by atoms with E-state index >= 15 is 0 Å². The molecular weight excluding hydrogens is 845 g/mol. The molecule has 6 atom stereocenters. The van der Waals surface area contributed by atoms with Crippen LogP contribution in [0.2, 0.25) is 0 Å². The van der Waals surface area contributed by atoms with Crippen molar-refractivity contribution < 1.29 is 68.4 Å². The Morgan fingerprint density at radius 2 is 1.00 bits per heavy atom. The van der Waals surface area contributed by atoms with Crippen molar-refractivity contribution >= 4 is 71.9 Å². The van der Waals surface area contributed by atoms with Crippen LogP contribution in [-0.4, -0.2) is 122 Å². The first-order valence-corrected chi connectivity index (χ1v) is 20.9. The summed E-state index contributed by atoms with van der Waals surface area (Å²) in [7, 11) is 0. The van der Waals surface area contributed by atoms with Crippen LogP contribution in [-0.2, 0) is 47.9 Å². The molecule has 1 saturated carbocycles. The summed E-state index contributed by atoms with van der Waals surface area (Å²) < 4.78 is 0. The third kappa shape index (κ3) is 16.7. The molecule has 21 heteroatoms. The second-order valence-electron chi connectivity index (χ2n) is 15.1. The van der Waals surface area contributed by atoms with Gasteiger partial charge in [0.25, 0.3) is 5.91 Å². The van der Waals surface area contributed by atoms with Crippen LogP contribution < -0.4 is 31.9 Å². The quantitative estimate of drug-likeness (QED) is 0.0479. The predicted molar refractivity (Wildman–Crippen MR) is 226 cm³/mol. The zero-order chi connectivity index (χ0) is 46.6. The van der Waals surface area contributed by atoms with Gasteiger partial charge in [-0.1, -0.05) is 92.8 Å². The van der Waals surface area contributed by atoms with Crippen LogP contribution in [0.15, 0.2) is 60.7 Å². The first kappa shape index (κ1) is 50.8. The van der Waals surface area contributed by atoms with Crippen LogP contribution in [0.25, 0.3) is 0 Å². The molecule has 2 aromatic carbocycles. The van der Waals surface area contributed by atoms with E-state index in [9.17, 15) is 68.4 Å². The summed E-state index contributed by atoms with van der Waals surface area (Å²) in [4.78, 5) is 129. The minimum atomic E-state index is -2.19. The Balaban J connectivity index is 2.10. The van der Waals surface area contributed by atoms with Gasteiger partial charge in [-0.25, -0.2) is 9.59 Å². The van der Waals surface area contributed by atoms with E-state index in [0.717, 1.165) is 39.0 Å². The van der Waals surface area contributed by atoms with E-state index in [4.69, 9.17) is 0 Å². The highest BCUT2D eigenvalue weighted by Gasteiger charge is 2.39. The normalized spacial score (nSPS) is 15.5. The van der Waals surface area contributed by atoms with E-state index < -0.39 is 127 Å². The molecule has 0 aromatic heterocycles.